The molecule has 0 saturated carbocycles. The molecular formula is C21H25N3O4S. The Bertz CT molecular complexity index is 995. The van der Waals surface area contributed by atoms with E-state index in [-0.39, 0.29) is 23.1 Å². The van der Waals surface area contributed by atoms with Crippen LogP contribution in [0.4, 0.5) is 11.4 Å². The Morgan fingerprint density at radius 3 is 2.24 bits per heavy atom. The standard InChI is InChI=1S/C21H25N3O4S/c1-16(25)17-6-8-19(9-7-17)24-12-10-23(11-13-24)15-21(26)22-18-4-3-5-20(14-18)29(2,27)28/h3-9,14H,10-13,15H2,1-2H3,(H,22,26). The molecule has 0 aliphatic carbocycles. The second-order valence-corrected chi connectivity index (χ2v) is 9.23. The molecule has 154 valence electrons. The number of nitrogens with zero attached hydrogens (tertiary/aromatic N) is 2. The van der Waals surface area contributed by atoms with Gasteiger partial charge in [-0.2, -0.15) is 0 Å². The molecule has 0 spiro atoms. The maximum absolute atomic E-state index is 12.3. The van der Waals surface area contributed by atoms with Crippen LogP contribution in [0, 0.1) is 0 Å². The molecule has 2 aromatic rings. The fourth-order valence-electron chi connectivity index (χ4n) is 3.28. The molecule has 8 heteroatoms. The van der Waals surface area contributed by atoms with Gasteiger partial charge in [0.1, 0.15) is 0 Å². The summed E-state index contributed by atoms with van der Waals surface area (Å²) >= 11 is 0. The largest absolute Gasteiger partial charge is 0.369 e. The molecule has 3 rings (SSSR count). The summed E-state index contributed by atoms with van der Waals surface area (Å²) in [5.74, 6) is -0.121. The van der Waals surface area contributed by atoms with Crippen molar-refractivity contribution in [3.05, 3.63) is 54.1 Å². The number of carbonyl (C=O) groups excluding carboxylic acids is 2. The van der Waals surface area contributed by atoms with Gasteiger partial charge in [-0.25, -0.2) is 8.42 Å². The number of carbonyl (C=O) groups is 2. The molecule has 29 heavy (non-hydrogen) atoms. The lowest BCUT2D eigenvalue weighted by atomic mass is 10.1. The van der Waals surface area contributed by atoms with Crippen LogP contribution in [0.15, 0.2) is 53.4 Å². The minimum atomic E-state index is -3.31. The van der Waals surface area contributed by atoms with Crippen LogP contribution >= 0.6 is 0 Å². The van der Waals surface area contributed by atoms with Crippen molar-refractivity contribution < 1.29 is 18.0 Å². The first-order valence-electron chi connectivity index (χ1n) is 9.40. The highest BCUT2D eigenvalue weighted by Gasteiger charge is 2.19. The van der Waals surface area contributed by atoms with Crippen LogP contribution in [0.5, 0.6) is 0 Å². The highest BCUT2D eigenvalue weighted by molar-refractivity contribution is 7.90. The summed E-state index contributed by atoms with van der Waals surface area (Å²) in [4.78, 5) is 28.2. The maximum Gasteiger partial charge on any atom is 0.238 e. The molecule has 1 N–H and O–H groups in total. The summed E-state index contributed by atoms with van der Waals surface area (Å²) in [5.41, 5.74) is 2.24. The van der Waals surface area contributed by atoms with E-state index in [2.05, 4.69) is 15.1 Å². The molecule has 2 aromatic carbocycles. The molecular weight excluding hydrogens is 390 g/mol. The van der Waals surface area contributed by atoms with Crippen molar-refractivity contribution in [3.63, 3.8) is 0 Å². The second kappa shape index (κ2) is 8.75. The molecule has 0 aromatic heterocycles. The number of nitrogens with one attached hydrogen (secondary N) is 1. The molecule has 0 atom stereocenters. The Kier molecular flexibility index (Phi) is 6.34. The number of amides is 1. The number of Topliss-reactive ketones (excluding diaryl/α,β-unsaturated/α-hetero) is 1. The number of piperazine rings is 1. The predicted octanol–water partition coefficient (Wildman–Crippen LogP) is 2.05. The Labute approximate surface area is 171 Å². The van der Waals surface area contributed by atoms with E-state index in [0.29, 0.717) is 11.3 Å². The third-order valence-corrected chi connectivity index (χ3v) is 6.03. The lowest BCUT2D eigenvalue weighted by molar-refractivity contribution is -0.117. The molecule has 0 unspecified atom stereocenters. The van der Waals surface area contributed by atoms with Gasteiger partial charge in [-0.1, -0.05) is 6.07 Å². The topological polar surface area (TPSA) is 86.8 Å². The average molecular weight is 416 g/mol. The SMILES string of the molecule is CC(=O)c1ccc(N2CCN(CC(=O)Nc3cccc(S(C)(=O)=O)c3)CC2)cc1. The van der Waals surface area contributed by atoms with Crippen LogP contribution in [0.25, 0.3) is 0 Å². The molecule has 1 aliphatic rings. The molecule has 1 heterocycles. The molecule has 0 bridgehead atoms. The van der Waals surface area contributed by atoms with Crippen molar-refractivity contribution in [1.29, 1.82) is 0 Å². The maximum atomic E-state index is 12.3. The van der Waals surface area contributed by atoms with Crippen molar-refractivity contribution in [1.82, 2.24) is 4.90 Å². The van der Waals surface area contributed by atoms with Crippen molar-refractivity contribution >= 4 is 32.9 Å². The summed E-state index contributed by atoms with van der Waals surface area (Å²) in [6.07, 6.45) is 1.14. The van der Waals surface area contributed by atoms with E-state index in [4.69, 9.17) is 0 Å². The number of hydrogen-bond acceptors (Lipinski definition) is 6. The summed E-state index contributed by atoms with van der Waals surface area (Å²) in [6, 6.07) is 13.8. The number of ketones is 1. The van der Waals surface area contributed by atoms with Crippen LogP contribution in [-0.4, -0.2) is 64.0 Å². The minimum absolute atomic E-state index is 0.0504. The summed E-state index contributed by atoms with van der Waals surface area (Å²) in [5, 5.41) is 2.77. The normalized spacial score (nSPS) is 15.2. The van der Waals surface area contributed by atoms with Gasteiger partial charge < -0.3 is 10.2 Å². The van der Waals surface area contributed by atoms with Gasteiger partial charge in [-0.3, -0.25) is 14.5 Å². The van der Waals surface area contributed by atoms with Gasteiger partial charge in [0.25, 0.3) is 0 Å². The molecule has 7 nitrogen and oxygen atoms in total. The van der Waals surface area contributed by atoms with Crippen molar-refractivity contribution in [3.8, 4) is 0 Å². The predicted molar refractivity (Wildman–Crippen MR) is 113 cm³/mol. The Balaban J connectivity index is 1.51. The Morgan fingerprint density at radius 1 is 1.00 bits per heavy atom. The van der Waals surface area contributed by atoms with Crippen molar-refractivity contribution in [2.45, 2.75) is 11.8 Å². The van der Waals surface area contributed by atoms with E-state index >= 15 is 0 Å². The van der Waals surface area contributed by atoms with Crippen LogP contribution in [-0.2, 0) is 14.6 Å². The highest BCUT2D eigenvalue weighted by Crippen LogP contribution is 2.18. The fourth-order valence-corrected chi connectivity index (χ4v) is 3.95. The van der Waals surface area contributed by atoms with Crippen LogP contribution in [0.3, 0.4) is 0 Å². The summed E-state index contributed by atoms with van der Waals surface area (Å²) in [6.45, 7) is 4.86. The van der Waals surface area contributed by atoms with E-state index in [1.165, 1.54) is 12.1 Å². The second-order valence-electron chi connectivity index (χ2n) is 7.21. The molecule has 1 fully saturated rings. The van der Waals surface area contributed by atoms with E-state index in [9.17, 15) is 18.0 Å². The fraction of sp³-hybridized carbons (Fsp3) is 0.333. The molecule has 0 radical (unpaired) electrons. The van der Waals surface area contributed by atoms with Gasteiger partial charge in [-0.15, -0.1) is 0 Å². The number of hydrogen-bond donors (Lipinski definition) is 1. The summed E-state index contributed by atoms with van der Waals surface area (Å²) in [7, 11) is -3.31. The van der Waals surface area contributed by atoms with Gasteiger partial charge in [0, 0.05) is 49.4 Å². The molecule has 1 amide bonds. The first kappa shape index (κ1) is 21.0. The zero-order valence-corrected chi connectivity index (χ0v) is 17.4. The zero-order valence-electron chi connectivity index (χ0n) is 16.6. The lowest BCUT2D eigenvalue weighted by Gasteiger charge is -2.35. The van der Waals surface area contributed by atoms with Gasteiger partial charge in [0.05, 0.1) is 11.4 Å². The third kappa shape index (κ3) is 5.65. The third-order valence-electron chi connectivity index (χ3n) is 4.92. The van der Waals surface area contributed by atoms with Gasteiger partial charge in [0.2, 0.25) is 5.91 Å². The van der Waals surface area contributed by atoms with Gasteiger partial charge in [0.15, 0.2) is 15.6 Å². The number of benzene rings is 2. The zero-order chi connectivity index (χ0) is 21.0. The lowest BCUT2D eigenvalue weighted by Crippen LogP contribution is -2.48. The van der Waals surface area contributed by atoms with Crippen molar-refractivity contribution in [2.75, 3.05) is 49.2 Å². The van der Waals surface area contributed by atoms with E-state index < -0.39 is 9.84 Å². The van der Waals surface area contributed by atoms with Crippen LogP contribution < -0.4 is 10.2 Å². The monoisotopic (exact) mass is 415 g/mol. The quantitative estimate of drug-likeness (QED) is 0.727. The van der Waals surface area contributed by atoms with Gasteiger partial charge in [-0.05, 0) is 49.4 Å². The average Bonchev–Trinajstić information content (AvgIpc) is 2.68. The van der Waals surface area contributed by atoms with Gasteiger partial charge >= 0.3 is 0 Å². The van der Waals surface area contributed by atoms with E-state index in [1.807, 2.05) is 24.3 Å². The van der Waals surface area contributed by atoms with E-state index in [1.54, 1.807) is 19.1 Å². The van der Waals surface area contributed by atoms with E-state index in [0.717, 1.165) is 38.1 Å². The number of rotatable bonds is 6. The Morgan fingerprint density at radius 2 is 1.66 bits per heavy atom. The molecule has 1 aliphatic heterocycles. The van der Waals surface area contributed by atoms with Crippen LogP contribution in [0.1, 0.15) is 17.3 Å². The number of sulfone groups is 1. The minimum Gasteiger partial charge on any atom is -0.369 e. The first-order valence-corrected chi connectivity index (χ1v) is 11.3. The first-order chi connectivity index (χ1) is 13.7. The number of anilines is 2. The Hall–Kier alpha value is -2.71. The smallest absolute Gasteiger partial charge is 0.238 e. The molecule has 1 saturated heterocycles. The van der Waals surface area contributed by atoms with Crippen molar-refractivity contribution in [2.24, 2.45) is 0 Å². The summed E-state index contributed by atoms with van der Waals surface area (Å²) < 4.78 is 23.3. The highest BCUT2D eigenvalue weighted by atomic mass is 32.2. The van der Waals surface area contributed by atoms with Crippen LogP contribution in [0.2, 0.25) is 0 Å².